The van der Waals surface area contributed by atoms with Crippen LogP contribution in [-0.2, 0) is 0 Å². The topological polar surface area (TPSA) is 20.2 Å². The van der Waals surface area contributed by atoms with Gasteiger partial charge in [0.15, 0.2) is 0 Å². The van der Waals surface area contributed by atoms with Crippen LogP contribution in [0.4, 0.5) is 0 Å². The molecule has 0 aromatic carbocycles. The van der Waals surface area contributed by atoms with Gasteiger partial charge in [0, 0.05) is 0 Å². The Morgan fingerprint density at radius 1 is 1.33 bits per heavy atom. The number of rotatable bonds is 4. The van der Waals surface area contributed by atoms with Crippen LogP contribution in [0.2, 0.25) is 0 Å². The van der Waals surface area contributed by atoms with E-state index in [4.69, 9.17) is 0 Å². The zero-order valence-corrected chi connectivity index (χ0v) is 7.75. The molecule has 66 valence electrons. The van der Waals surface area contributed by atoms with Gasteiger partial charge in [-0.05, 0) is 17.6 Å². The second kappa shape index (κ2) is 5.42. The van der Waals surface area contributed by atoms with Gasteiger partial charge < -0.3 is 5.11 Å². The molecule has 0 saturated heterocycles. The maximum absolute atomic E-state index is 9.48. The molecule has 0 aliphatic carbocycles. The Morgan fingerprint density at radius 2 is 1.92 bits per heavy atom. The van der Waals surface area contributed by atoms with Crippen LogP contribution in [0, 0.1) is 5.92 Å². The molecule has 0 bridgehead atoms. The van der Waals surface area contributed by atoms with Crippen LogP contribution < -0.4 is 0 Å². The van der Waals surface area contributed by atoms with Crippen molar-refractivity contribution in [2.75, 3.05) is 0 Å². The molecular weight excluding hydrogens is 148 g/mol. The number of aliphatic hydroxyl groups excluding tert-OH is 1. The highest BCUT2D eigenvalue weighted by Gasteiger charge is 2.02. The molecule has 0 fully saturated rings. The Labute approximate surface area is 74.4 Å². The van der Waals surface area contributed by atoms with Crippen molar-refractivity contribution in [1.29, 1.82) is 0 Å². The van der Waals surface area contributed by atoms with Crippen molar-refractivity contribution in [3.63, 3.8) is 0 Å². The molecule has 0 aromatic rings. The van der Waals surface area contributed by atoms with E-state index >= 15 is 0 Å². The van der Waals surface area contributed by atoms with Crippen molar-refractivity contribution in [2.45, 2.75) is 13.8 Å². The highest BCUT2D eigenvalue weighted by atomic mass is 16.3. The molecule has 0 aliphatic heterocycles. The largest absolute Gasteiger partial charge is 0.508 e. The fraction of sp³-hybridized carbons (Fsp3) is 0.273. The standard InChI is InChI=1S/C11H16O/c1-5-7-8-11(12)10(6-2)9(3)4/h5-9,12H,1-2H2,3-4H3/b8-7-,11-10-. The summed E-state index contributed by atoms with van der Waals surface area (Å²) in [6.07, 6.45) is 6.61. The maximum Gasteiger partial charge on any atom is 0.119 e. The minimum Gasteiger partial charge on any atom is -0.508 e. The summed E-state index contributed by atoms with van der Waals surface area (Å²) in [7, 11) is 0. The summed E-state index contributed by atoms with van der Waals surface area (Å²) in [5, 5.41) is 9.48. The van der Waals surface area contributed by atoms with E-state index in [9.17, 15) is 5.11 Å². The quantitative estimate of drug-likeness (QED) is 0.499. The zero-order valence-electron chi connectivity index (χ0n) is 7.75. The monoisotopic (exact) mass is 164 g/mol. The Hall–Kier alpha value is -1.24. The molecule has 0 aliphatic rings. The van der Waals surface area contributed by atoms with E-state index in [0.29, 0.717) is 0 Å². The first-order chi connectivity index (χ1) is 5.63. The lowest BCUT2D eigenvalue weighted by Crippen LogP contribution is -1.94. The first-order valence-electron chi connectivity index (χ1n) is 3.98. The molecule has 0 aromatic heterocycles. The molecule has 0 rings (SSSR count). The van der Waals surface area contributed by atoms with Gasteiger partial charge in [-0.25, -0.2) is 0 Å². The van der Waals surface area contributed by atoms with E-state index in [-0.39, 0.29) is 11.7 Å². The lowest BCUT2D eigenvalue weighted by Gasteiger charge is -2.06. The molecule has 1 nitrogen and oxygen atoms in total. The van der Waals surface area contributed by atoms with Crippen molar-refractivity contribution in [3.05, 3.63) is 48.8 Å². The molecule has 12 heavy (non-hydrogen) atoms. The molecule has 1 heteroatoms. The first-order valence-corrected chi connectivity index (χ1v) is 3.98. The number of hydrogen-bond acceptors (Lipinski definition) is 1. The van der Waals surface area contributed by atoms with Gasteiger partial charge in [0.05, 0.1) is 0 Å². The summed E-state index contributed by atoms with van der Waals surface area (Å²) in [6.45, 7) is 11.2. The highest BCUT2D eigenvalue weighted by molar-refractivity contribution is 5.29. The molecule has 0 amide bonds. The minimum absolute atomic E-state index is 0.264. The molecule has 0 unspecified atom stereocenters. The molecule has 0 spiro atoms. The van der Waals surface area contributed by atoms with Gasteiger partial charge in [-0.15, -0.1) is 0 Å². The van der Waals surface area contributed by atoms with Gasteiger partial charge in [-0.2, -0.15) is 0 Å². The summed E-state index contributed by atoms with van der Waals surface area (Å²) in [5.74, 6) is 0.553. The molecule has 0 saturated carbocycles. The Bertz CT molecular complexity index is 219. The Kier molecular flexibility index (Phi) is 4.86. The zero-order chi connectivity index (χ0) is 9.56. The lowest BCUT2D eigenvalue weighted by atomic mass is 10.0. The second-order valence-electron chi connectivity index (χ2n) is 2.79. The van der Waals surface area contributed by atoms with Gasteiger partial charge in [-0.1, -0.05) is 45.2 Å². The van der Waals surface area contributed by atoms with Crippen LogP contribution in [0.1, 0.15) is 13.8 Å². The fourth-order valence-electron chi connectivity index (χ4n) is 0.891. The van der Waals surface area contributed by atoms with Crippen molar-refractivity contribution in [1.82, 2.24) is 0 Å². The lowest BCUT2D eigenvalue weighted by molar-refractivity contribution is 0.420. The summed E-state index contributed by atoms with van der Waals surface area (Å²) in [6, 6.07) is 0. The third kappa shape index (κ3) is 3.24. The van der Waals surface area contributed by atoms with Crippen LogP contribution in [0.3, 0.4) is 0 Å². The van der Waals surface area contributed by atoms with Gasteiger partial charge in [0.2, 0.25) is 0 Å². The van der Waals surface area contributed by atoms with Gasteiger partial charge >= 0.3 is 0 Å². The Morgan fingerprint density at radius 3 is 2.25 bits per heavy atom. The maximum atomic E-state index is 9.48. The Balaban J connectivity index is 4.71. The molecule has 1 N–H and O–H groups in total. The van der Waals surface area contributed by atoms with Gasteiger partial charge in [0.25, 0.3) is 0 Å². The normalized spacial score (nSPS) is 13.2. The fourth-order valence-corrected chi connectivity index (χ4v) is 0.891. The van der Waals surface area contributed by atoms with E-state index < -0.39 is 0 Å². The molecule has 0 heterocycles. The smallest absolute Gasteiger partial charge is 0.119 e. The summed E-state index contributed by atoms with van der Waals surface area (Å²) in [5.41, 5.74) is 0.855. The van der Waals surface area contributed by atoms with Gasteiger partial charge in [-0.3, -0.25) is 0 Å². The van der Waals surface area contributed by atoms with Crippen LogP contribution in [0.25, 0.3) is 0 Å². The second-order valence-corrected chi connectivity index (χ2v) is 2.79. The highest BCUT2D eigenvalue weighted by Crippen LogP contribution is 2.14. The van der Waals surface area contributed by atoms with E-state index in [1.807, 2.05) is 13.8 Å². The number of aliphatic hydroxyl groups is 1. The van der Waals surface area contributed by atoms with E-state index in [2.05, 4.69) is 13.2 Å². The van der Waals surface area contributed by atoms with Crippen molar-refractivity contribution in [3.8, 4) is 0 Å². The molecule has 0 atom stereocenters. The van der Waals surface area contributed by atoms with E-state index in [1.54, 1.807) is 24.3 Å². The van der Waals surface area contributed by atoms with Crippen LogP contribution in [-0.4, -0.2) is 5.11 Å². The van der Waals surface area contributed by atoms with Crippen LogP contribution in [0.5, 0.6) is 0 Å². The molecule has 0 radical (unpaired) electrons. The number of hydrogen-bond donors (Lipinski definition) is 1. The molecular formula is C11H16O. The third-order valence-corrected chi connectivity index (χ3v) is 1.53. The summed E-state index contributed by atoms with van der Waals surface area (Å²) >= 11 is 0. The SMILES string of the molecule is C=C/C=C\C(O)=C(/C=C)C(C)C. The van der Waals surface area contributed by atoms with E-state index in [1.165, 1.54) is 0 Å². The van der Waals surface area contributed by atoms with Crippen molar-refractivity contribution >= 4 is 0 Å². The summed E-state index contributed by atoms with van der Waals surface area (Å²) in [4.78, 5) is 0. The first kappa shape index (κ1) is 10.8. The van der Waals surface area contributed by atoms with E-state index in [0.717, 1.165) is 5.57 Å². The predicted octanol–water partition coefficient (Wildman–Crippen LogP) is 3.38. The number of allylic oxidation sites excluding steroid dienone is 5. The van der Waals surface area contributed by atoms with Crippen molar-refractivity contribution < 1.29 is 5.11 Å². The van der Waals surface area contributed by atoms with Crippen molar-refractivity contribution in [2.24, 2.45) is 5.92 Å². The third-order valence-electron chi connectivity index (χ3n) is 1.53. The average Bonchev–Trinajstić information content (AvgIpc) is 2.01. The van der Waals surface area contributed by atoms with Crippen LogP contribution in [0.15, 0.2) is 48.8 Å². The van der Waals surface area contributed by atoms with Crippen LogP contribution >= 0.6 is 0 Å². The average molecular weight is 164 g/mol. The predicted molar refractivity (Wildman–Crippen MR) is 54.0 cm³/mol. The summed E-state index contributed by atoms with van der Waals surface area (Å²) < 4.78 is 0. The minimum atomic E-state index is 0.264. The van der Waals surface area contributed by atoms with Gasteiger partial charge in [0.1, 0.15) is 5.76 Å².